The summed E-state index contributed by atoms with van der Waals surface area (Å²) in [4.78, 5) is 10.9. The Morgan fingerprint density at radius 2 is 1.82 bits per heavy atom. The summed E-state index contributed by atoms with van der Waals surface area (Å²) in [6.45, 7) is -4.90. The second kappa shape index (κ2) is 8.05. The number of halogens is 4. The number of carbonyl (C=O) groups is 1. The molecule has 0 aliphatic rings. The zero-order valence-electron chi connectivity index (χ0n) is 11.5. The lowest BCUT2D eigenvalue weighted by molar-refractivity contribution is -0.0543. The fraction of sp³-hybridized carbons (Fsp3) is 0.333. The highest BCUT2D eigenvalue weighted by atomic mass is 19.3. The van der Waals surface area contributed by atoms with E-state index in [0.717, 1.165) is 19.2 Å². The molecule has 0 saturated carbocycles. The first kappa shape index (κ1) is 17.5. The SMILES string of the molecule is COC(=O)N/N=C(\C)c1ccc(OC(F)F)cc1OC(F)F. The molecular weight excluding hydrogens is 312 g/mol. The van der Waals surface area contributed by atoms with Gasteiger partial charge in [-0.1, -0.05) is 0 Å². The summed E-state index contributed by atoms with van der Waals surface area (Å²) >= 11 is 0. The number of alkyl halides is 4. The van der Waals surface area contributed by atoms with Gasteiger partial charge in [0.1, 0.15) is 11.5 Å². The number of hydrazone groups is 1. The summed E-state index contributed by atoms with van der Waals surface area (Å²) in [5, 5.41) is 3.60. The van der Waals surface area contributed by atoms with Gasteiger partial charge in [0.15, 0.2) is 0 Å². The highest BCUT2D eigenvalue weighted by Crippen LogP contribution is 2.28. The Hall–Kier alpha value is -2.52. The van der Waals surface area contributed by atoms with Gasteiger partial charge in [0.2, 0.25) is 0 Å². The Morgan fingerprint density at radius 1 is 1.18 bits per heavy atom. The van der Waals surface area contributed by atoms with Crippen molar-refractivity contribution in [2.24, 2.45) is 5.10 Å². The van der Waals surface area contributed by atoms with Crippen molar-refractivity contribution in [3.8, 4) is 11.5 Å². The highest BCUT2D eigenvalue weighted by molar-refractivity contribution is 6.01. The summed E-state index contributed by atoms with van der Waals surface area (Å²) in [7, 11) is 1.11. The standard InChI is InChI=1S/C12H12F4N2O4/c1-6(17-18-12(19)20-2)8-4-3-7(21-10(13)14)5-9(8)22-11(15)16/h3-5,10-11H,1-2H3,(H,18,19)/b17-6+. The van der Waals surface area contributed by atoms with E-state index in [1.54, 1.807) is 0 Å². The van der Waals surface area contributed by atoms with E-state index in [2.05, 4.69) is 19.3 Å². The van der Waals surface area contributed by atoms with Crippen molar-refractivity contribution in [1.82, 2.24) is 5.43 Å². The van der Waals surface area contributed by atoms with Crippen LogP contribution in [-0.4, -0.2) is 32.1 Å². The molecule has 0 aliphatic heterocycles. The molecule has 0 bridgehead atoms. The first-order valence-corrected chi connectivity index (χ1v) is 5.75. The van der Waals surface area contributed by atoms with Gasteiger partial charge in [-0.25, -0.2) is 10.2 Å². The molecule has 1 aromatic carbocycles. The van der Waals surface area contributed by atoms with Crippen LogP contribution >= 0.6 is 0 Å². The third-order valence-corrected chi connectivity index (χ3v) is 2.28. The van der Waals surface area contributed by atoms with Gasteiger partial charge in [0.05, 0.1) is 12.8 Å². The van der Waals surface area contributed by atoms with E-state index >= 15 is 0 Å². The minimum Gasteiger partial charge on any atom is -0.452 e. The molecule has 0 aliphatic carbocycles. The summed E-state index contributed by atoms with van der Waals surface area (Å²) in [6.07, 6.45) is -0.867. The second-order valence-electron chi connectivity index (χ2n) is 3.72. The van der Waals surface area contributed by atoms with Crippen molar-refractivity contribution in [3.05, 3.63) is 23.8 Å². The molecule has 0 atom stereocenters. The van der Waals surface area contributed by atoms with E-state index in [1.807, 2.05) is 5.43 Å². The molecule has 1 amide bonds. The van der Waals surface area contributed by atoms with Gasteiger partial charge in [-0.2, -0.15) is 22.7 Å². The Labute approximate surface area is 122 Å². The van der Waals surface area contributed by atoms with Crippen LogP contribution in [0.2, 0.25) is 0 Å². The lowest BCUT2D eigenvalue weighted by Crippen LogP contribution is -2.19. The maximum atomic E-state index is 12.4. The average Bonchev–Trinajstić information content (AvgIpc) is 2.43. The van der Waals surface area contributed by atoms with Gasteiger partial charge >= 0.3 is 19.3 Å². The molecule has 6 nitrogen and oxygen atoms in total. The maximum absolute atomic E-state index is 12.4. The molecule has 1 N–H and O–H groups in total. The van der Waals surface area contributed by atoms with Crippen LogP contribution < -0.4 is 14.9 Å². The van der Waals surface area contributed by atoms with Crippen LogP contribution in [0.15, 0.2) is 23.3 Å². The van der Waals surface area contributed by atoms with E-state index < -0.39 is 25.1 Å². The topological polar surface area (TPSA) is 69.2 Å². The quantitative estimate of drug-likeness (QED) is 0.496. The average molecular weight is 324 g/mol. The molecule has 0 spiro atoms. The van der Waals surface area contributed by atoms with E-state index in [4.69, 9.17) is 0 Å². The Bertz CT molecular complexity index is 552. The van der Waals surface area contributed by atoms with Gasteiger partial charge in [0.25, 0.3) is 0 Å². The van der Waals surface area contributed by atoms with Gasteiger partial charge < -0.3 is 14.2 Å². The third kappa shape index (κ3) is 5.46. The van der Waals surface area contributed by atoms with Crippen LogP contribution in [0.1, 0.15) is 12.5 Å². The normalized spacial score (nSPS) is 11.5. The van der Waals surface area contributed by atoms with Crippen molar-refractivity contribution in [2.75, 3.05) is 7.11 Å². The number of carbonyl (C=O) groups excluding carboxylic acids is 1. The first-order valence-electron chi connectivity index (χ1n) is 5.75. The third-order valence-electron chi connectivity index (χ3n) is 2.28. The zero-order chi connectivity index (χ0) is 16.7. The van der Waals surface area contributed by atoms with Gasteiger partial charge in [-0.15, -0.1) is 0 Å². The van der Waals surface area contributed by atoms with Gasteiger partial charge in [0, 0.05) is 11.6 Å². The summed E-state index contributed by atoms with van der Waals surface area (Å²) < 4.78 is 61.6. The number of nitrogens with one attached hydrogen (secondary N) is 1. The zero-order valence-corrected chi connectivity index (χ0v) is 11.5. The number of benzene rings is 1. The van der Waals surface area contributed by atoms with Crippen molar-refractivity contribution in [1.29, 1.82) is 0 Å². The van der Waals surface area contributed by atoms with Crippen molar-refractivity contribution in [2.45, 2.75) is 20.1 Å². The van der Waals surface area contributed by atoms with Crippen molar-refractivity contribution in [3.63, 3.8) is 0 Å². The number of amides is 1. The minimum atomic E-state index is -3.18. The molecule has 22 heavy (non-hydrogen) atoms. The lowest BCUT2D eigenvalue weighted by atomic mass is 10.1. The Morgan fingerprint density at radius 3 is 2.36 bits per heavy atom. The highest BCUT2D eigenvalue weighted by Gasteiger charge is 2.15. The van der Waals surface area contributed by atoms with Gasteiger partial charge in [-0.05, 0) is 19.1 Å². The van der Waals surface area contributed by atoms with Crippen LogP contribution in [0.4, 0.5) is 22.4 Å². The van der Waals surface area contributed by atoms with E-state index in [1.165, 1.54) is 13.0 Å². The Kier molecular flexibility index (Phi) is 6.42. The molecule has 0 heterocycles. The van der Waals surface area contributed by atoms with Crippen LogP contribution in [0.5, 0.6) is 11.5 Å². The van der Waals surface area contributed by atoms with Crippen LogP contribution in [-0.2, 0) is 4.74 Å². The minimum absolute atomic E-state index is 0.0540. The number of methoxy groups -OCH3 is 1. The fourth-order valence-corrected chi connectivity index (χ4v) is 1.41. The van der Waals surface area contributed by atoms with Crippen LogP contribution in [0.25, 0.3) is 0 Å². The Balaban J connectivity index is 3.08. The van der Waals surface area contributed by atoms with E-state index in [9.17, 15) is 22.4 Å². The second-order valence-corrected chi connectivity index (χ2v) is 3.72. The molecule has 1 aromatic rings. The molecule has 1 rings (SSSR count). The largest absolute Gasteiger partial charge is 0.452 e. The van der Waals surface area contributed by atoms with Gasteiger partial charge in [-0.3, -0.25) is 0 Å². The van der Waals surface area contributed by atoms with Crippen LogP contribution in [0.3, 0.4) is 0 Å². The van der Waals surface area contributed by atoms with E-state index in [0.29, 0.717) is 0 Å². The molecular formula is C12H12F4N2O4. The predicted octanol–water partition coefficient (Wildman–Crippen LogP) is 2.97. The van der Waals surface area contributed by atoms with Crippen LogP contribution in [0, 0.1) is 0 Å². The molecule has 10 heteroatoms. The summed E-state index contributed by atoms with van der Waals surface area (Å²) in [5.41, 5.74) is 2.13. The fourth-order valence-electron chi connectivity index (χ4n) is 1.41. The lowest BCUT2D eigenvalue weighted by Gasteiger charge is -2.13. The maximum Gasteiger partial charge on any atom is 0.427 e. The molecule has 0 aromatic heterocycles. The summed E-state index contributed by atoms with van der Waals surface area (Å²) in [5.74, 6) is -0.788. The molecule has 122 valence electrons. The number of ether oxygens (including phenoxy) is 3. The summed E-state index contributed by atoms with van der Waals surface area (Å²) in [6, 6.07) is 3.18. The number of hydrogen-bond acceptors (Lipinski definition) is 5. The molecule has 0 unspecified atom stereocenters. The number of nitrogens with zero attached hydrogens (tertiary/aromatic N) is 1. The van der Waals surface area contributed by atoms with Crippen molar-refractivity contribution >= 4 is 11.8 Å². The molecule has 0 radical (unpaired) electrons. The van der Waals surface area contributed by atoms with E-state index in [-0.39, 0.29) is 17.0 Å². The first-order chi connectivity index (χ1) is 10.3. The van der Waals surface area contributed by atoms with Crippen molar-refractivity contribution < 1.29 is 36.6 Å². The molecule has 0 saturated heterocycles. The number of rotatable bonds is 6. The number of hydrogen-bond donors (Lipinski definition) is 1. The molecule has 0 fully saturated rings. The smallest absolute Gasteiger partial charge is 0.427 e. The monoisotopic (exact) mass is 324 g/mol. The predicted molar refractivity (Wildman–Crippen MR) is 67.5 cm³/mol.